The average Bonchev–Trinajstić information content (AvgIpc) is 2.79. The molecule has 0 spiro atoms. The average molecular weight is 402 g/mol. The molecule has 2 N–H and O–H groups in total. The number of carbonyl (C=O) groups excluding carboxylic acids is 3. The number of rotatable bonds is 6. The van der Waals surface area contributed by atoms with Crippen LogP contribution in [0.5, 0.6) is 0 Å². The fourth-order valence-corrected chi connectivity index (χ4v) is 2.92. The zero-order valence-electron chi connectivity index (χ0n) is 16.7. The van der Waals surface area contributed by atoms with Gasteiger partial charge in [-0.25, -0.2) is 4.79 Å². The largest absolute Gasteiger partial charge is 0.465 e. The molecule has 0 saturated carbocycles. The van der Waals surface area contributed by atoms with Crippen molar-refractivity contribution in [2.24, 2.45) is 0 Å². The number of anilines is 1. The van der Waals surface area contributed by atoms with Gasteiger partial charge in [0.2, 0.25) is 0 Å². The minimum Gasteiger partial charge on any atom is -0.465 e. The van der Waals surface area contributed by atoms with Crippen molar-refractivity contribution in [3.63, 3.8) is 0 Å². The van der Waals surface area contributed by atoms with Crippen molar-refractivity contribution >= 4 is 23.5 Å². The molecule has 152 valence electrons. The van der Waals surface area contributed by atoms with Crippen LogP contribution in [0.15, 0.2) is 78.9 Å². The van der Waals surface area contributed by atoms with Crippen molar-refractivity contribution in [3.05, 3.63) is 101 Å². The van der Waals surface area contributed by atoms with Gasteiger partial charge in [-0.05, 0) is 55.0 Å². The van der Waals surface area contributed by atoms with Crippen LogP contribution in [0.25, 0.3) is 0 Å². The lowest BCUT2D eigenvalue weighted by Crippen LogP contribution is -2.26. The molecule has 1 unspecified atom stereocenters. The number of esters is 1. The van der Waals surface area contributed by atoms with E-state index in [1.165, 1.54) is 19.2 Å². The molecule has 0 aliphatic rings. The Morgan fingerprint density at radius 1 is 0.767 bits per heavy atom. The summed E-state index contributed by atoms with van der Waals surface area (Å²) in [5.41, 5.74) is 2.69. The first-order valence-electron chi connectivity index (χ1n) is 9.43. The zero-order valence-corrected chi connectivity index (χ0v) is 16.7. The third kappa shape index (κ3) is 5.11. The van der Waals surface area contributed by atoms with Crippen molar-refractivity contribution in [1.29, 1.82) is 0 Å². The van der Waals surface area contributed by atoms with Crippen LogP contribution in [0.2, 0.25) is 0 Å². The van der Waals surface area contributed by atoms with Gasteiger partial charge in [-0.15, -0.1) is 0 Å². The van der Waals surface area contributed by atoms with Crippen LogP contribution in [-0.4, -0.2) is 24.9 Å². The third-order valence-electron chi connectivity index (χ3n) is 4.60. The monoisotopic (exact) mass is 402 g/mol. The molecule has 3 rings (SSSR count). The second kappa shape index (κ2) is 9.52. The summed E-state index contributed by atoms with van der Waals surface area (Å²) in [5, 5.41) is 5.72. The zero-order chi connectivity index (χ0) is 21.5. The van der Waals surface area contributed by atoms with Crippen molar-refractivity contribution in [3.8, 4) is 0 Å². The van der Waals surface area contributed by atoms with Crippen molar-refractivity contribution in [2.45, 2.75) is 13.0 Å². The Bertz CT molecular complexity index is 1050. The van der Waals surface area contributed by atoms with E-state index in [0.717, 1.165) is 5.56 Å². The fraction of sp³-hybridized carbons (Fsp3) is 0.125. The van der Waals surface area contributed by atoms with E-state index >= 15 is 0 Å². The molecule has 0 bridgehead atoms. The summed E-state index contributed by atoms with van der Waals surface area (Å²) in [6, 6.07) is 22.4. The smallest absolute Gasteiger partial charge is 0.337 e. The molecule has 2 amide bonds. The molecule has 30 heavy (non-hydrogen) atoms. The minimum absolute atomic E-state index is 0.148. The van der Waals surface area contributed by atoms with Gasteiger partial charge in [-0.1, -0.05) is 36.4 Å². The van der Waals surface area contributed by atoms with Crippen LogP contribution in [-0.2, 0) is 4.74 Å². The predicted octanol–water partition coefficient (Wildman–Crippen LogP) is 4.22. The second-order valence-corrected chi connectivity index (χ2v) is 6.71. The first-order valence-corrected chi connectivity index (χ1v) is 9.43. The van der Waals surface area contributed by atoms with Gasteiger partial charge in [0.15, 0.2) is 0 Å². The molecule has 0 aromatic heterocycles. The van der Waals surface area contributed by atoms with Crippen molar-refractivity contribution in [1.82, 2.24) is 5.32 Å². The van der Waals surface area contributed by atoms with Crippen molar-refractivity contribution < 1.29 is 19.1 Å². The quantitative estimate of drug-likeness (QED) is 0.605. The first-order chi connectivity index (χ1) is 14.5. The van der Waals surface area contributed by atoms with Crippen LogP contribution >= 0.6 is 0 Å². The number of hydrogen-bond acceptors (Lipinski definition) is 4. The third-order valence-corrected chi connectivity index (χ3v) is 4.60. The number of methoxy groups -OCH3 is 1. The lowest BCUT2D eigenvalue weighted by molar-refractivity contribution is 0.0600. The predicted molar refractivity (Wildman–Crippen MR) is 114 cm³/mol. The standard InChI is InChI=1S/C24H22N2O4/c1-16(17-7-4-3-5-8-17)25-23(28)20-9-6-10-21(15-20)26-22(27)18-11-13-19(14-12-18)24(29)30-2/h3-16H,1-2H3,(H,25,28)(H,26,27). The van der Waals surface area contributed by atoms with Gasteiger partial charge in [0.1, 0.15) is 0 Å². The van der Waals surface area contributed by atoms with Crippen LogP contribution < -0.4 is 10.6 Å². The van der Waals surface area contributed by atoms with Gasteiger partial charge in [0, 0.05) is 16.8 Å². The highest BCUT2D eigenvalue weighted by atomic mass is 16.5. The highest BCUT2D eigenvalue weighted by molar-refractivity contribution is 6.05. The van der Waals surface area contributed by atoms with Crippen LogP contribution in [0.3, 0.4) is 0 Å². The van der Waals surface area contributed by atoms with Gasteiger partial charge in [-0.3, -0.25) is 9.59 Å². The lowest BCUT2D eigenvalue weighted by atomic mass is 10.1. The SMILES string of the molecule is COC(=O)c1ccc(C(=O)Nc2cccc(C(=O)NC(C)c3ccccc3)c2)cc1. The number of benzene rings is 3. The lowest BCUT2D eigenvalue weighted by Gasteiger charge is -2.15. The second-order valence-electron chi connectivity index (χ2n) is 6.71. The molecule has 6 nitrogen and oxygen atoms in total. The summed E-state index contributed by atoms with van der Waals surface area (Å²) in [7, 11) is 1.30. The molecule has 0 aliphatic carbocycles. The number of nitrogens with one attached hydrogen (secondary N) is 2. The van der Waals surface area contributed by atoms with E-state index in [1.807, 2.05) is 37.3 Å². The van der Waals surface area contributed by atoms with Gasteiger partial charge >= 0.3 is 5.97 Å². The Morgan fingerprint density at radius 2 is 1.43 bits per heavy atom. The van der Waals surface area contributed by atoms with E-state index in [-0.39, 0.29) is 17.9 Å². The summed E-state index contributed by atoms with van der Waals surface area (Å²) in [6.07, 6.45) is 0. The highest BCUT2D eigenvalue weighted by Gasteiger charge is 2.13. The summed E-state index contributed by atoms with van der Waals surface area (Å²) < 4.78 is 4.65. The van der Waals surface area contributed by atoms with Crippen molar-refractivity contribution in [2.75, 3.05) is 12.4 Å². The maximum Gasteiger partial charge on any atom is 0.337 e. The Balaban J connectivity index is 1.67. The molecule has 3 aromatic rings. The number of carbonyl (C=O) groups is 3. The molecule has 3 aromatic carbocycles. The Hall–Kier alpha value is -3.93. The van der Waals surface area contributed by atoms with Gasteiger partial charge in [0.05, 0.1) is 18.7 Å². The molecular weight excluding hydrogens is 380 g/mol. The first kappa shape index (κ1) is 20.8. The van der Waals surface area contributed by atoms with Crippen LogP contribution in [0, 0.1) is 0 Å². The topological polar surface area (TPSA) is 84.5 Å². The fourth-order valence-electron chi connectivity index (χ4n) is 2.92. The van der Waals surface area contributed by atoms with E-state index in [2.05, 4.69) is 15.4 Å². The molecular formula is C24H22N2O4. The minimum atomic E-state index is -0.467. The molecule has 0 fully saturated rings. The van der Waals surface area contributed by atoms with Gasteiger partial charge in [-0.2, -0.15) is 0 Å². The number of ether oxygens (including phenoxy) is 1. The summed E-state index contributed by atoms with van der Waals surface area (Å²) in [6.45, 7) is 1.91. The maximum atomic E-state index is 12.6. The van der Waals surface area contributed by atoms with Crippen LogP contribution in [0.4, 0.5) is 5.69 Å². The summed E-state index contributed by atoms with van der Waals surface area (Å²) in [5.74, 6) is -1.04. The maximum absolute atomic E-state index is 12.6. The summed E-state index contributed by atoms with van der Waals surface area (Å²) in [4.78, 5) is 36.6. The van der Waals surface area contributed by atoms with E-state index in [0.29, 0.717) is 22.4 Å². The number of amides is 2. The molecule has 0 aliphatic heterocycles. The molecule has 0 saturated heterocycles. The van der Waals surface area contributed by atoms with E-state index < -0.39 is 5.97 Å². The van der Waals surface area contributed by atoms with E-state index in [9.17, 15) is 14.4 Å². The Kier molecular flexibility index (Phi) is 6.60. The van der Waals surface area contributed by atoms with Gasteiger partial charge < -0.3 is 15.4 Å². The Labute approximate surface area is 174 Å². The molecule has 0 radical (unpaired) electrons. The highest BCUT2D eigenvalue weighted by Crippen LogP contribution is 2.16. The molecule has 1 atom stereocenters. The number of hydrogen-bond donors (Lipinski definition) is 2. The van der Waals surface area contributed by atoms with Gasteiger partial charge in [0.25, 0.3) is 11.8 Å². The van der Waals surface area contributed by atoms with Crippen LogP contribution in [0.1, 0.15) is 49.6 Å². The van der Waals surface area contributed by atoms with E-state index in [1.54, 1.807) is 36.4 Å². The summed E-state index contributed by atoms with van der Waals surface area (Å²) >= 11 is 0. The van der Waals surface area contributed by atoms with E-state index in [4.69, 9.17) is 0 Å². The Morgan fingerprint density at radius 3 is 2.10 bits per heavy atom. The molecule has 6 heteroatoms. The normalized spacial score (nSPS) is 11.3. The molecule has 0 heterocycles.